The number of allylic oxidation sites excluding steroid dienone is 2. The molecule has 4 heteroatoms. The predicted octanol–water partition coefficient (Wildman–Crippen LogP) is 2.23. The summed E-state index contributed by atoms with van der Waals surface area (Å²) in [6, 6.07) is 0. The number of hydrogen-bond donors (Lipinski definition) is 1. The van der Waals surface area contributed by atoms with Gasteiger partial charge in [0.1, 0.15) is 5.41 Å². The topological polar surface area (TPSA) is 71.4 Å². The lowest BCUT2D eigenvalue weighted by atomic mass is 9.59. The molecule has 0 saturated heterocycles. The minimum Gasteiger partial charge on any atom is -0.504 e. The summed E-state index contributed by atoms with van der Waals surface area (Å²) in [5.41, 5.74) is -1.43. The Bertz CT molecular complexity index is 500. The fraction of sp³-hybridized carbons (Fsp3) is 0.667. The second-order valence-electron chi connectivity index (χ2n) is 6.16. The summed E-state index contributed by atoms with van der Waals surface area (Å²) in [5, 5.41) is 9.93. The molecule has 0 radical (unpaired) electrons. The van der Waals surface area contributed by atoms with Crippen LogP contribution in [-0.4, -0.2) is 22.5 Å². The highest BCUT2D eigenvalue weighted by Gasteiger charge is 2.63. The fourth-order valence-electron chi connectivity index (χ4n) is 3.83. The molecule has 0 amide bonds. The SMILES string of the molecule is CC1=C(O)C(=O)[C@]2(C(=O)C1=O)[C@H](C)CC[C@@H]2C(C)C. The standard InChI is InChI=1S/C15H20O4/c1-7(2)10-6-5-8(3)15(10)13(18)11(16)9(4)12(17)14(15)19/h7-8,10,16H,5-6H2,1-4H3/t8-,10-,15+/m1/s1. The molecule has 2 rings (SSSR count). The maximum Gasteiger partial charge on any atom is 0.229 e. The van der Waals surface area contributed by atoms with Crippen molar-refractivity contribution in [2.75, 3.05) is 0 Å². The van der Waals surface area contributed by atoms with Crippen molar-refractivity contribution in [3.8, 4) is 0 Å². The Labute approximate surface area is 112 Å². The van der Waals surface area contributed by atoms with Crippen LogP contribution in [0.5, 0.6) is 0 Å². The molecule has 2 aliphatic rings. The van der Waals surface area contributed by atoms with Crippen LogP contribution in [0.3, 0.4) is 0 Å². The molecule has 1 fully saturated rings. The molecule has 1 spiro atoms. The van der Waals surface area contributed by atoms with Crippen LogP contribution in [-0.2, 0) is 14.4 Å². The second-order valence-corrected chi connectivity index (χ2v) is 6.16. The molecule has 2 aliphatic carbocycles. The van der Waals surface area contributed by atoms with Gasteiger partial charge in [0.2, 0.25) is 17.3 Å². The zero-order valence-corrected chi connectivity index (χ0v) is 11.8. The largest absolute Gasteiger partial charge is 0.504 e. The lowest BCUT2D eigenvalue weighted by Gasteiger charge is -2.39. The molecule has 1 saturated carbocycles. The lowest BCUT2D eigenvalue weighted by Crippen LogP contribution is -2.54. The highest BCUT2D eigenvalue weighted by molar-refractivity contribution is 6.52. The van der Waals surface area contributed by atoms with Crippen LogP contribution in [0.1, 0.15) is 40.5 Å². The van der Waals surface area contributed by atoms with Gasteiger partial charge in [-0.1, -0.05) is 20.8 Å². The molecule has 0 unspecified atom stereocenters. The van der Waals surface area contributed by atoms with Crippen molar-refractivity contribution < 1.29 is 19.5 Å². The first-order valence-electron chi connectivity index (χ1n) is 6.80. The number of rotatable bonds is 1. The molecule has 0 aromatic heterocycles. The molecule has 1 N–H and O–H groups in total. The van der Waals surface area contributed by atoms with Gasteiger partial charge < -0.3 is 5.11 Å². The van der Waals surface area contributed by atoms with Gasteiger partial charge in [0.15, 0.2) is 5.76 Å². The number of carbonyl (C=O) groups is 3. The van der Waals surface area contributed by atoms with Gasteiger partial charge in [-0.25, -0.2) is 0 Å². The van der Waals surface area contributed by atoms with Crippen LogP contribution in [0.4, 0.5) is 0 Å². The van der Waals surface area contributed by atoms with Crippen molar-refractivity contribution >= 4 is 17.3 Å². The van der Waals surface area contributed by atoms with E-state index in [0.717, 1.165) is 12.8 Å². The Morgan fingerprint density at radius 2 is 1.74 bits per heavy atom. The minimum absolute atomic E-state index is 0.109. The predicted molar refractivity (Wildman–Crippen MR) is 69.5 cm³/mol. The summed E-state index contributed by atoms with van der Waals surface area (Å²) in [7, 11) is 0. The van der Waals surface area contributed by atoms with Gasteiger partial charge in [-0.15, -0.1) is 0 Å². The zero-order valence-electron chi connectivity index (χ0n) is 11.8. The van der Waals surface area contributed by atoms with E-state index in [1.807, 2.05) is 20.8 Å². The highest BCUT2D eigenvalue weighted by Crippen LogP contribution is 2.54. The molecule has 0 aromatic carbocycles. The van der Waals surface area contributed by atoms with E-state index in [1.54, 1.807) is 0 Å². The van der Waals surface area contributed by atoms with Crippen LogP contribution >= 0.6 is 0 Å². The normalized spacial score (nSPS) is 35.9. The second kappa shape index (κ2) is 4.29. The van der Waals surface area contributed by atoms with E-state index in [0.29, 0.717) is 0 Å². The van der Waals surface area contributed by atoms with Crippen molar-refractivity contribution in [1.29, 1.82) is 0 Å². The Morgan fingerprint density at radius 1 is 1.16 bits per heavy atom. The first-order chi connectivity index (χ1) is 8.76. The van der Waals surface area contributed by atoms with Crippen LogP contribution in [0.25, 0.3) is 0 Å². The number of aliphatic hydroxyl groups excluding tert-OH is 1. The Morgan fingerprint density at radius 3 is 2.26 bits per heavy atom. The molecule has 0 bridgehead atoms. The molecule has 0 aromatic rings. The van der Waals surface area contributed by atoms with E-state index in [2.05, 4.69) is 0 Å². The number of ketones is 3. The third-order valence-electron chi connectivity index (χ3n) is 4.95. The molecule has 0 aliphatic heterocycles. The van der Waals surface area contributed by atoms with Crippen molar-refractivity contribution in [3.05, 3.63) is 11.3 Å². The van der Waals surface area contributed by atoms with Gasteiger partial charge in [-0.2, -0.15) is 0 Å². The molecule has 4 nitrogen and oxygen atoms in total. The number of aliphatic hydroxyl groups is 1. The molecular formula is C15H20O4. The maximum atomic E-state index is 12.6. The smallest absolute Gasteiger partial charge is 0.229 e. The Hall–Kier alpha value is -1.45. The van der Waals surface area contributed by atoms with E-state index in [1.165, 1.54) is 6.92 Å². The van der Waals surface area contributed by atoms with Crippen LogP contribution in [0.15, 0.2) is 11.3 Å². The van der Waals surface area contributed by atoms with Gasteiger partial charge in [-0.3, -0.25) is 14.4 Å². The van der Waals surface area contributed by atoms with Crippen molar-refractivity contribution in [1.82, 2.24) is 0 Å². The van der Waals surface area contributed by atoms with Gasteiger partial charge in [-0.05, 0) is 37.5 Å². The molecule has 3 atom stereocenters. The van der Waals surface area contributed by atoms with Crippen molar-refractivity contribution in [2.45, 2.75) is 40.5 Å². The van der Waals surface area contributed by atoms with Crippen LogP contribution in [0.2, 0.25) is 0 Å². The van der Waals surface area contributed by atoms with Crippen molar-refractivity contribution in [2.24, 2.45) is 23.2 Å². The van der Waals surface area contributed by atoms with E-state index in [-0.39, 0.29) is 23.3 Å². The maximum absolute atomic E-state index is 12.6. The first-order valence-corrected chi connectivity index (χ1v) is 6.80. The highest BCUT2D eigenvalue weighted by atomic mass is 16.3. The average Bonchev–Trinajstić information content (AvgIpc) is 2.71. The zero-order chi connectivity index (χ0) is 14.5. The van der Waals surface area contributed by atoms with Gasteiger partial charge in [0.05, 0.1) is 0 Å². The Kier molecular flexibility index (Phi) is 3.15. The minimum atomic E-state index is -1.32. The fourth-order valence-corrected chi connectivity index (χ4v) is 3.83. The summed E-state index contributed by atoms with van der Waals surface area (Å²) in [4.78, 5) is 37.1. The Balaban J connectivity index is 2.68. The number of hydrogen-bond acceptors (Lipinski definition) is 4. The molecule has 19 heavy (non-hydrogen) atoms. The average molecular weight is 264 g/mol. The van der Waals surface area contributed by atoms with E-state index in [9.17, 15) is 19.5 Å². The summed E-state index contributed by atoms with van der Waals surface area (Å²) < 4.78 is 0. The third kappa shape index (κ3) is 1.55. The van der Waals surface area contributed by atoms with Gasteiger partial charge in [0, 0.05) is 5.57 Å². The summed E-state index contributed by atoms with van der Waals surface area (Å²) >= 11 is 0. The first kappa shape index (κ1) is 14.0. The summed E-state index contributed by atoms with van der Waals surface area (Å²) in [5.74, 6) is -2.60. The third-order valence-corrected chi connectivity index (χ3v) is 4.95. The van der Waals surface area contributed by atoms with E-state index < -0.39 is 28.5 Å². The van der Waals surface area contributed by atoms with Gasteiger partial charge >= 0.3 is 0 Å². The summed E-state index contributed by atoms with van der Waals surface area (Å²) in [6.45, 7) is 7.08. The summed E-state index contributed by atoms with van der Waals surface area (Å²) in [6.07, 6.45) is 1.48. The van der Waals surface area contributed by atoms with Gasteiger partial charge in [0.25, 0.3) is 0 Å². The van der Waals surface area contributed by atoms with Crippen LogP contribution < -0.4 is 0 Å². The molecular weight excluding hydrogens is 244 g/mol. The monoisotopic (exact) mass is 264 g/mol. The number of Topliss-reactive ketones (excluding diaryl/α,β-unsaturated/α-hetero) is 3. The van der Waals surface area contributed by atoms with Crippen molar-refractivity contribution in [3.63, 3.8) is 0 Å². The van der Waals surface area contributed by atoms with Crippen LogP contribution in [0, 0.1) is 23.2 Å². The number of carbonyl (C=O) groups excluding carboxylic acids is 3. The lowest BCUT2D eigenvalue weighted by molar-refractivity contribution is -0.154. The molecule has 104 valence electrons. The van der Waals surface area contributed by atoms with E-state index in [4.69, 9.17) is 0 Å². The quantitative estimate of drug-likeness (QED) is 0.582. The molecule has 0 heterocycles. The van der Waals surface area contributed by atoms with E-state index >= 15 is 0 Å².